The highest BCUT2D eigenvalue weighted by molar-refractivity contribution is 5.64. The van der Waals surface area contributed by atoms with Crippen LogP contribution in [-0.4, -0.2) is 17.3 Å². The largest absolute Gasteiger partial charge is 0.496 e. The summed E-state index contributed by atoms with van der Waals surface area (Å²) < 4.78 is 10.7. The van der Waals surface area contributed by atoms with Crippen LogP contribution in [0.1, 0.15) is 31.2 Å². The van der Waals surface area contributed by atoms with Crippen molar-refractivity contribution < 1.29 is 9.26 Å². The number of methoxy groups -OCH3 is 1. The zero-order chi connectivity index (χ0) is 15.2. The number of hydrogen-bond donors (Lipinski definition) is 0. The van der Waals surface area contributed by atoms with E-state index in [0.29, 0.717) is 17.5 Å². The van der Waals surface area contributed by atoms with Gasteiger partial charge in [0.05, 0.1) is 30.6 Å². The topological polar surface area (TPSA) is 71.9 Å². The zero-order valence-corrected chi connectivity index (χ0v) is 12.5. The van der Waals surface area contributed by atoms with Gasteiger partial charge >= 0.3 is 0 Å². The van der Waals surface area contributed by atoms with E-state index in [1.54, 1.807) is 7.11 Å². The second-order valence-corrected chi connectivity index (χ2v) is 6.07. The van der Waals surface area contributed by atoms with Crippen molar-refractivity contribution in [2.24, 2.45) is 11.3 Å². The molecular weight excluding hydrogens is 266 g/mol. The van der Waals surface area contributed by atoms with Gasteiger partial charge in [0.2, 0.25) is 11.7 Å². The van der Waals surface area contributed by atoms with Crippen LogP contribution in [0, 0.1) is 29.6 Å². The summed E-state index contributed by atoms with van der Waals surface area (Å²) in [5.74, 6) is 1.70. The van der Waals surface area contributed by atoms with Gasteiger partial charge in [-0.25, -0.2) is 0 Å². The van der Waals surface area contributed by atoms with Gasteiger partial charge in [0.25, 0.3) is 0 Å². The number of nitrogens with zero attached hydrogens (tertiary/aromatic N) is 3. The van der Waals surface area contributed by atoms with Gasteiger partial charge in [0.1, 0.15) is 5.75 Å². The summed E-state index contributed by atoms with van der Waals surface area (Å²) >= 11 is 0. The molecule has 1 aromatic carbocycles. The molecule has 1 heterocycles. The van der Waals surface area contributed by atoms with E-state index in [1.807, 2.05) is 39.0 Å². The molecule has 0 saturated heterocycles. The van der Waals surface area contributed by atoms with Crippen LogP contribution in [0.2, 0.25) is 0 Å². The summed E-state index contributed by atoms with van der Waals surface area (Å²) in [6, 6.07) is 8.14. The van der Waals surface area contributed by atoms with E-state index in [1.165, 1.54) is 0 Å². The molecule has 0 bridgehead atoms. The van der Waals surface area contributed by atoms with Crippen molar-refractivity contribution in [1.82, 2.24) is 10.1 Å². The highest BCUT2D eigenvalue weighted by Gasteiger charge is 2.62. The first-order chi connectivity index (χ1) is 9.98. The summed E-state index contributed by atoms with van der Waals surface area (Å²) in [7, 11) is 1.62. The van der Waals surface area contributed by atoms with E-state index < -0.39 is 0 Å². The summed E-state index contributed by atoms with van der Waals surface area (Å²) in [5.41, 5.74) is 1.80. The average molecular weight is 283 g/mol. The Morgan fingerprint density at radius 3 is 2.76 bits per heavy atom. The fourth-order valence-corrected chi connectivity index (χ4v) is 2.79. The number of rotatable bonds is 3. The lowest BCUT2D eigenvalue weighted by Crippen LogP contribution is -1.92. The number of aryl methyl sites for hydroxylation is 1. The quantitative estimate of drug-likeness (QED) is 0.864. The molecule has 1 aliphatic rings. The molecule has 21 heavy (non-hydrogen) atoms. The zero-order valence-electron chi connectivity index (χ0n) is 12.5. The first-order valence-electron chi connectivity index (χ1n) is 6.87. The fraction of sp³-hybridized carbons (Fsp3) is 0.438. The summed E-state index contributed by atoms with van der Waals surface area (Å²) in [5, 5.41) is 13.2. The summed E-state index contributed by atoms with van der Waals surface area (Å²) in [4.78, 5) is 4.47. The number of hydrogen-bond acceptors (Lipinski definition) is 5. The predicted octanol–water partition coefficient (Wildman–Crippen LogP) is 3.32. The first-order valence-corrected chi connectivity index (χ1v) is 6.87. The van der Waals surface area contributed by atoms with Gasteiger partial charge in [-0.2, -0.15) is 10.2 Å². The Bertz CT molecular complexity index is 727. The van der Waals surface area contributed by atoms with E-state index in [4.69, 9.17) is 14.5 Å². The minimum atomic E-state index is -0.101. The van der Waals surface area contributed by atoms with E-state index in [-0.39, 0.29) is 17.3 Å². The van der Waals surface area contributed by atoms with Crippen LogP contribution in [0.25, 0.3) is 11.4 Å². The first kappa shape index (κ1) is 13.6. The van der Waals surface area contributed by atoms with Gasteiger partial charge in [-0.3, -0.25) is 0 Å². The lowest BCUT2D eigenvalue weighted by atomic mass is 10.1. The number of aromatic nitrogens is 2. The molecular formula is C16H17N3O2. The average Bonchev–Trinajstić information content (AvgIpc) is 2.81. The maximum atomic E-state index is 9.15. The number of nitriles is 1. The van der Waals surface area contributed by atoms with Crippen molar-refractivity contribution >= 4 is 0 Å². The fourth-order valence-electron chi connectivity index (χ4n) is 2.79. The molecule has 2 aromatic rings. The van der Waals surface area contributed by atoms with E-state index in [2.05, 4.69) is 16.2 Å². The minimum Gasteiger partial charge on any atom is -0.496 e. The molecule has 1 aliphatic carbocycles. The molecule has 1 saturated carbocycles. The van der Waals surface area contributed by atoms with Crippen LogP contribution in [0.3, 0.4) is 0 Å². The van der Waals surface area contributed by atoms with E-state index in [9.17, 15) is 0 Å². The van der Waals surface area contributed by atoms with Crippen molar-refractivity contribution in [3.8, 4) is 23.2 Å². The van der Waals surface area contributed by atoms with Gasteiger partial charge in [-0.1, -0.05) is 25.1 Å². The van der Waals surface area contributed by atoms with Crippen LogP contribution in [0.5, 0.6) is 5.75 Å². The Labute approximate surface area is 123 Å². The third kappa shape index (κ3) is 2.07. The van der Waals surface area contributed by atoms with Gasteiger partial charge in [0.15, 0.2) is 0 Å². The maximum Gasteiger partial charge on any atom is 0.232 e. The molecule has 5 nitrogen and oxygen atoms in total. The van der Waals surface area contributed by atoms with Crippen molar-refractivity contribution in [2.45, 2.75) is 26.7 Å². The second kappa shape index (κ2) is 4.59. The normalized spacial score (nSPS) is 22.6. The third-order valence-electron chi connectivity index (χ3n) is 4.27. The Morgan fingerprint density at radius 1 is 1.38 bits per heavy atom. The summed E-state index contributed by atoms with van der Waals surface area (Å²) in [6.07, 6.45) is 0. The van der Waals surface area contributed by atoms with Gasteiger partial charge < -0.3 is 9.26 Å². The maximum absolute atomic E-state index is 9.15. The Kier molecular flexibility index (Phi) is 2.98. The molecule has 2 atom stereocenters. The molecule has 0 amide bonds. The van der Waals surface area contributed by atoms with Gasteiger partial charge in [-0.05, 0) is 30.0 Å². The molecule has 0 N–H and O–H groups in total. The Morgan fingerprint density at radius 2 is 2.14 bits per heavy atom. The van der Waals surface area contributed by atoms with Crippen molar-refractivity contribution in [3.63, 3.8) is 0 Å². The number of benzene rings is 1. The van der Waals surface area contributed by atoms with Crippen molar-refractivity contribution in [1.29, 1.82) is 5.26 Å². The minimum absolute atomic E-state index is 0.0141. The SMILES string of the molecule is COc1cc(C)ccc1-c1noc(C2C(C#N)C2(C)C)n1. The van der Waals surface area contributed by atoms with Crippen LogP contribution < -0.4 is 4.74 Å². The van der Waals surface area contributed by atoms with E-state index >= 15 is 0 Å². The molecule has 0 radical (unpaired) electrons. The Balaban J connectivity index is 1.95. The predicted molar refractivity (Wildman–Crippen MR) is 76.6 cm³/mol. The van der Waals surface area contributed by atoms with Crippen LogP contribution in [-0.2, 0) is 0 Å². The molecule has 108 valence electrons. The molecule has 1 aromatic heterocycles. The van der Waals surface area contributed by atoms with Crippen LogP contribution in [0.4, 0.5) is 0 Å². The summed E-state index contributed by atoms with van der Waals surface area (Å²) in [6.45, 7) is 6.09. The third-order valence-corrected chi connectivity index (χ3v) is 4.27. The molecule has 0 spiro atoms. The monoisotopic (exact) mass is 283 g/mol. The van der Waals surface area contributed by atoms with Gasteiger partial charge in [-0.15, -0.1) is 0 Å². The van der Waals surface area contributed by atoms with Gasteiger partial charge in [0, 0.05) is 0 Å². The number of ether oxygens (including phenoxy) is 1. The standard InChI is InChI=1S/C16H17N3O2/c1-9-5-6-10(12(7-9)20-4)14-18-15(21-19-14)13-11(8-17)16(13,2)3/h5-7,11,13H,1-4H3. The highest BCUT2D eigenvalue weighted by atomic mass is 16.5. The molecule has 1 fully saturated rings. The lowest BCUT2D eigenvalue weighted by Gasteiger charge is -2.05. The molecule has 2 unspecified atom stereocenters. The van der Waals surface area contributed by atoms with E-state index in [0.717, 1.165) is 11.1 Å². The Hall–Kier alpha value is -2.35. The second-order valence-electron chi connectivity index (χ2n) is 6.07. The van der Waals surface area contributed by atoms with Crippen LogP contribution >= 0.6 is 0 Å². The van der Waals surface area contributed by atoms with Crippen molar-refractivity contribution in [3.05, 3.63) is 29.7 Å². The molecule has 3 rings (SSSR count). The van der Waals surface area contributed by atoms with Crippen LogP contribution in [0.15, 0.2) is 22.7 Å². The smallest absolute Gasteiger partial charge is 0.232 e. The molecule has 5 heteroatoms. The molecule has 0 aliphatic heterocycles. The van der Waals surface area contributed by atoms with Crippen molar-refractivity contribution in [2.75, 3.05) is 7.11 Å². The highest BCUT2D eigenvalue weighted by Crippen LogP contribution is 2.63. The lowest BCUT2D eigenvalue weighted by molar-refractivity contribution is 0.367.